The summed E-state index contributed by atoms with van der Waals surface area (Å²) in [7, 11) is 0. The molecule has 0 aromatic carbocycles. The Balaban J connectivity index is -0.0000000201. The van der Waals surface area contributed by atoms with Crippen LogP contribution in [0.5, 0.6) is 0 Å². The Morgan fingerprint density at radius 3 is 0.370 bits per heavy atom. The summed E-state index contributed by atoms with van der Waals surface area (Å²) in [5.74, 6) is 4.08. The predicted molar refractivity (Wildman–Crippen MR) is 128 cm³/mol. The van der Waals surface area contributed by atoms with Gasteiger partial charge in [0, 0.05) is 0 Å². The van der Waals surface area contributed by atoms with E-state index < -0.39 is 0 Å². The van der Waals surface area contributed by atoms with Crippen LogP contribution in [0.25, 0.3) is 0 Å². The standard InChI is InChI=1S/6C2H7NS.Cr.2Rh/c6*3-1-2-4;;;/h6*4H,1-3H2;;;/q;;;;;;3*+3/p-6. The maximum Gasteiger partial charge on any atom is 3.00 e. The first-order valence-electron chi connectivity index (χ1n) is 7.18. The van der Waals surface area contributed by atoms with Crippen LogP contribution in [-0.4, -0.2) is 73.8 Å². The molecule has 171 valence electrons. The zero-order valence-electron chi connectivity index (χ0n) is 15.5. The molecule has 12 N–H and O–H groups in total. The summed E-state index contributed by atoms with van der Waals surface area (Å²) in [5, 5.41) is 0. The van der Waals surface area contributed by atoms with E-state index in [4.69, 9.17) is 34.4 Å². The van der Waals surface area contributed by atoms with Crippen LogP contribution in [-0.2, 0) is 132 Å². The van der Waals surface area contributed by atoms with Crippen LogP contribution in [0.3, 0.4) is 0 Å². The second-order valence-electron chi connectivity index (χ2n) is 2.96. The van der Waals surface area contributed by atoms with Crippen LogP contribution in [0, 0.1) is 0 Å². The van der Waals surface area contributed by atoms with Gasteiger partial charge in [-0.1, -0.05) is 0 Å². The van der Waals surface area contributed by atoms with Crippen molar-refractivity contribution in [3.05, 3.63) is 0 Å². The molecular formula is C12H36CrN6Rh2S6+3. The van der Waals surface area contributed by atoms with Crippen LogP contribution in [0.15, 0.2) is 0 Å². The van der Waals surface area contributed by atoms with Gasteiger partial charge in [0.25, 0.3) is 0 Å². The molecule has 0 aromatic heterocycles. The maximum atomic E-state index is 4.92. The van der Waals surface area contributed by atoms with Crippen molar-refractivity contribution in [2.45, 2.75) is 0 Å². The van der Waals surface area contributed by atoms with Gasteiger partial charge in [0.2, 0.25) is 0 Å². The molecule has 0 spiro atoms. The summed E-state index contributed by atoms with van der Waals surface area (Å²) in [5.41, 5.74) is 29.5. The van der Waals surface area contributed by atoms with Gasteiger partial charge in [0.1, 0.15) is 0 Å². The normalized spacial score (nSPS) is 6.67. The number of rotatable bonds is 6. The molecule has 0 saturated heterocycles. The molecule has 0 aliphatic carbocycles. The predicted octanol–water partition coefficient (Wildman–Crippen LogP) is -3.06. The monoisotopic (exact) mass is 714 g/mol. The zero-order valence-corrected chi connectivity index (χ0v) is 24.9. The van der Waals surface area contributed by atoms with E-state index in [9.17, 15) is 0 Å². The van der Waals surface area contributed by atoms with Crippen molar-refractivity contribution in [1.82, 2.24) is 0 Å². The van der Waals surface area contributed by atoms with Crippen molar-refractivity contribution >= 4 is 75.8 Å². The van der Waals surface area contributed by atoms with Gasteiger partial charge >= 0.3 is 56.3 Å². The molecule has 0 aliphatic rings. The average molecular weight is 715 g/mol. The van der Waals surface area contributed by atoms with E-state index in [0.29, 0.717) is 73.8 Å². The van der Waals surface area contributed by atoms with Crippen LogP contribution < -0.4 is 34.4 Å². The topological polar surface area (TPSA) is 156 Å². The summed E-state index contributed by atoms with van der Waals surface area (Å²) in [4.78, 5) is 0. The fourth-order valence-corrected chi connectivity index (χ4v) is 0. The first kappa shape index (κ1) is 57.5. The molecule has 0 saturated carbocycles. The third kappa shape index (κ3) is 244. The smallest absolute Gasteiger partial charge is 0.791 e. The molecule has 0 aromatic rings. The van der Waals surface area contributed by atoms with Gasteiger partial charge < -0.3 is 110 Å². The summed E-state index contributed by atoms with van der Waals surface area (Å²) in [6, 6.07) is 0. The largest absolute Gasteiger partial charge is 3.00 e. The van der Waals surface area contributed by atoms with E-state index in [0.717, 1.165) is 0 Å². The molecule has 0 atom stereocenters. The van der Waals surface area contributed by atoms with Crippen LogP contribution in [0.4, 0.5) is 0 Å². The first-order valence-corrected chi connectivity index (χ1v) is 10.6. The van der Waals surface area contributed by atoms with Gasteiger partial charge in [-0.3, -0.25) is 0 Å². The minimum Gasteiger partial charge on any atom is -0.791 e. The summed E-state index contributed by atoms with van der Waals surface area (Å²) in [6.45, 7) is 3.81. The Morgan fingerprint density at radius 2 is 0.370 bits per heavy atom. The van der Waals surface area contributed by atoms with Crippen molar-refractivity contribution in [1.29, 1.82) is 0 Å². The molecule has 0 bridgehead atoms. The van der Waals surface area contributed by atoms with E-state index in [2.05, 4.69) is 75.8 Å². The van der Waals surface area contributed by atoms with Crippen molar-refractivity contribution < 1.29 is 56.3 Å². The SMILES string of the molecule is NCC[S-].NCC[S-].NCC[S-].NCC[S-].NCC[S-].NCC[S-].[Cr+3].[Rh+3].[Rh+3]. The fourth-order valence-electron chi connectivity index (χ4n) is 0. The molecule has 6 nitrogen and oxygen atoms in total. The Hall–Kier alpha value is 3.64. The molecule has 15 heteroatoms. The maximum absolute atomic E-state index is 4.92. The molecule has 27 heavy (non-hydrogen) atoms. The summed E-state index contributed by atoms with van der Waals surface area (Å²) in [6.07, 6.45) is 0. The Kier molecular flexibility index (Phi) is 212. The third-order valence-electron chi connectivity index (χ3n) is 0.707. The van der Waals surface area contributed by atoms with Crippen molar-refractivity contribution in [2.24, 2.45) is 34.4 Å². The number of hydrogen-bond donors (Lipinski definition) is 6. The van der Waals surface area contributed by atoms with Crippen molar-refractivity contribution in [3.8, 4) is 0 Å². The van der Waals surface area contributed by atoms with Gasteiger partial charge in [-0.25, -0.2) is 0 Å². The van der Waals surface area contributed by atoms with E-state index in [1.165, 1.54) is 0 Å². The molecule has 0 heterocycles. The van der Waals surface area contributed by atoms with Gasteiger partial charge in [0.05, 0.1) is 0 Å². The van der Waals surface area contributed by atoms with Crippen molar-refractivity contribution in [2.75, 3.05) is 73.8 Å². The van der Waals surface area contributed by atoms with Crippen molar-refractivity contribution in [3.63, 3.8) is 0 Å². The minimum absolute atomic E-state index is 0. The Bertz CT molecular complexity index is 95.4. The van der Waals surface area contributed by atoms with Gasteiger partial charge in [-0.05, 0) is 39.3 Å². The van der Waals surface area contributed by atoms with Gasteiger partial charge in [0.15, 0.2) is 0 Å². The van der Waals surface area contributed by atoms with Crippen LogP contribution in [0.2, 0.25) is 0 Å². The second kappa shape index (κ2) is 99.4. The van der Waals surface area contributed by atoms with E-state index in [1.54, 1.807) is 0 Å². The second-order valence-corrected chi connectivity index (χ2v) is 5.41. The van der Waals surface area contributed by atoms with Gasteiger partial charge in [-0.2, -0.15) is 34.5 Å². The van der Waals surface area contributed by atoms with E-state index in [1.807, 2.05) is 0 Å². The molecule has 0 unspecified atom stereocenters. The number of hydrogen-bond acceptors (Lipinski definition) is 12. The Morgan fingerprint density at radius 1 is 0.333 bits per heavy atom. The summed E-state index contributed by atoms with van der Waals surface area (Å²) >= 11 is 26.6. The molecule has 0 aliphatic heterocycles. The third-order valence-corrected chi connectivity index (χ3v) is 2.12. The summed E-state index contributed by atoms with van der Waals surface area (Å²) < 4.78 is 0. The first-order chi connectivity index (χ1) is 11.5. The molecule has 0 amide bonds. The Labute approximate surface area is 237 Å². The zero-order chi connectivity index (χ0) is 20.5. The molecular weight excluding hydrogens is 678 g/mol. The molecule has 0 fully saturated rings. The fraction of sp³-hybridized carbons (Fsp3) is 1.00. The van der Waals surface area contributed by atoms with E-state index in [-0.39, 0.29) is 56.3 Å². The van der Waals surface area contributed by atoms with Gasteiger partial charge in [-0.15, -0.1) is 0 Å². The van der Waals surface area contributed by atoms with E-state index >= 15 is 0 Å². The van der Waals surface area contributed by atoms with Crippen LogP contribution >= 0.6 is 0 Å². The average Bonchev–Trinajstić information content (AvgIpc) is 2.68. The van der Waals surface area contributed by atoms with Crippen LogP contribution in [0.1, 0.15) is 0 Å². The molecule has 1 radical (unpaired) electrons. The quantitative estimate of drug-likeness (QED) is 0.122. The minimum atomic E-state index is 0. The number of nitrogens with two attached hydrogens (primary N) is 6. The molecule has 0 rings (SSSR count).